The van der Waals surface area contributed by atoms with Crippen LogP contribution in [0.15, 0.2) is 231 Å². The molecule has 0 aliphatic carbocycles. The molecule has 64 heavy (non-hydrogen) atoms. The predicted molar refractivity (Wildman–Crippen MR) is 311 cm³/mol. The van der Waals surface area contributed by atoms with E-state index in [0.29, 0.717) is 0 Å². The molecule has 0 saturated carbocycles. The SMILES string of the molecule is Cc1ccc(C[P+](c2ccccc2)(c2ccccc2)c2ccccc2)cc1.Cc1ccc(C[P+](c2ccccc2)(c2ccccc2)c2ccccc2)cc1.[Br][Mn-]([Br])([Br])[Br].[Br][Mn-]([Br])([Br])[Br]. The molecule has 0 atom stereocenters. The Bertz CT molecular complexity index is 2140. The van der Waals surface area contributed by atoms with Gasteiger partial charge in [-0.05, 0) is 97.8 Å². The summed E-state index contributed by atoms with van der Waals surface area (Å²) in [6.45, 7) is 4.30. The molecule has 0 unspecified atom stereocenters. The molecule has 0 N–H and O–H groups in total. The van der Waals surface area contributed by atoms with Crippen LogP contribution in [0.2, 0.25) is 0 Å². The third-order valence-corrected chi connectivity index (χ3v) is 19.0. The summed E-state index contributed by atoms with van der Waals surface area (Å²) in [6.07, 6.45) is 2.07. The number of rotatable bonds is 10. The zero-order valence-corrected chi connectivity index (χ0v) is 51.9. The van der Waals surface area contributed by atoms with E-state index < -0.39 is 25.8 Å². The maximum atomic E-state index is 3.27. The molecule has 0 aliphatic rings. The van der Waals surface area contributed by atoms with Crippen LogP contribution in [0.5, 0.6) is 0 Å². The van der Waals surface area contributed by atoms with Gasteiger partial charge in [0.2, 0.25) is 0 Å². The summed E-state index contributed by atoms with van der Waals surface area (Å²) >= 11 is 26.1. The Hall–Kier alpha value is -0.501. The van der Waals surface area contributed by atoms with Crippen molar-refractivity contribution < 1.29 is 11.2 Å². The quantitative estimate of drug-likeness (QED) is 0.0946. The number of aryl methyl sites for hydroxylation is 2. The Morgan fingerprint density at radius 1 is 0.266 bits per heavy atom. The average Bonchev–Trinajstić information content (AvgIpc) is 3.30. The fourth-order valence-corrected chi connectivity index (χ4v) is 16.0. The molecule has 8 rings (SSSR count). The Labute approximate surface area is 443 Å². The minimum absolute atomic E-state index is 1.03. The van der Waals surface area contributed by atoms with Crippen LogP contribution in [-0.4, -0.2) is 0 Å². The van der Waals surface area contributed by atoms with Crippen LogP contribution in [-0.2, 0) is 23.6 Å². The average molecular weight is 1480 g/mol. The number of hydrogen-bond acceptors (Lipinski definition) is 0. The summed E-state index contributed by atoms with van der Waals surface area (Å²) in [6, 6.07) is 84.5. The van der Waals surface area contributed by atoms with E-state index in [1.54, 1.807) is 0 Å². The Kier molecular flexibility index (Phi) is 23.0. The van der Waals surface area contributed by atoms with Crippen LogP contribution in [0.25, 0.3) is 0 Å². The molecule has 0 bridgehead atoms. The second-order valence-electron chi connectivity index (χ2n) is 14.6. The molecule has 0 fully saturated rings. The topological polar surface area (TPSA) is 0 Å². The summed E-state index contributed by atoms with van der Waals surface area (Å²) < 4.78 is 0. The fraction of sp³-hybridized carbons (Fsp3) is 0.0769. The van der Waals surface area contributed by atoms with E-state index in [1.807, 2.05) is 0 Å². The van der Waals surface area contributed by atoms with E-state index in [0.717, 1.165) is 12.3 Å². The van der Waals surface area contributed by atoms with E-state index >= 15 is 0 Å². The van der Waals surface area contributed by atoms with Crippen molar-refractivity contribution in [3.8, 4) is 0 Å². The summed E-state index contributed by atoms with van der Waals surface area (Å²) in [5.41, 5.74) is 2.65. The molecule has 0 nitrogen and oxygen atoms in total. The van der Waals surface area contributed by atoms with Gasteiger partial charge in [0, 0.05) is 0 Å². The van der Waals surface area contributed by atoms with Gasteiger partial charge in [-0.2, -0.15) is 0 Å². The van der Waals surface area contributed by atoms with E-state index in [-0.39, 0.29) is 0 Å². The van der Waals surface area contributed by atoms with Crippen molar-refractivity contribution in [1.29, 1.82) is 0 Å². The molecule has 12 heteroatoms. The van der Waals surface area contributed by atoms with Gasteiger partial charge >= 0.3 is 124 Å². The van der Waals surface area contributed by atoms with Crippen molar-refractivity contribution in [2.75, 3.05) is 0 Å². The number of halogens is 8. The molecule has 0 spiro atoms. The summed E-state index contributed by atoms with van der Waals surface area (Å²) in [4.78, 5) is 0. The van der Waals surface area contributed by atoms with Crippen molar-refractivity contribution in [2.45, 2.75) is 26.2 Å². The van der Waals surface area contributed by atoms with Gasteiger partial charge in [-0.25, -0.2) is 0 Å². The Morgan fingerprint density at radius 3 is 0.578 bits per heavy atom. The molecule has 0 radical (unpaired) electrons. The first kappa shape index (κ1) is 54.4. The molecule has 0 heterocycles. The van der Waals surface area contributed by atoms with Crippen LogP contribution in [0.4, 0.5) is 0 Å². The summed E-state index contributed by atoms with van der Waals surface area (Å²) in [5.74, 6) is 0. The Morgan fingerprint density at radius 2 is 0.422 bits per heavy atom. The molecular weight excluding hydrogens is 1440 g/mol. The monoisotopic (exact) mass is 1480 g/mol. The van der Waals surface area contributed by atoms with Gasteiger partial charge in [-0.3, -0.25) is 0 Å². The molecule has 0 saturated heterocycles. The van der Waals surface area contributed by atoms with Crippen LogP contribution in [0, 0.1) is 13.8 Å². The molecule has 0 amide bonds. The van der Waals surface area contributed by atoms with E-state index in [4.69, 9.17) is 0 Å². The molecule has 0 aromatic heterocycles. The second-order valence-corrected chi connectivity index (χ2v) is 93.0. The first-order valence-electron chi connectivity index (χ1n) is 19.9. The summed E-state index contributed by atoms with van der Waals surface area (Å²) in [7, 11) is -3.58. The van der Waals surface area contributed by atoms with E-state index in [1.165, 1.54) is 54.1 Å². The predicted octanol–water partition coefficient (Wildman–Crippen LogP) is 17.7. The zero-order chi connectivity index (χ0) is 46.1. The maximum absolute atomic E-state index is 3.27. The first-order valence-corrected chi connectivity index (χ1v) is 47.2. The van der Waals surface area contributed by atoms with E-state index in [2.05, 4.69) is 357 Å². The van der Waals surface area contributed by atoms with Gasteiger partial charge < -0.3 is 0 Å². The van der Waals surface area contributed by atoms with Gasteiger partial charge in [0.25, 0.3) is 0 Å². The molecule has 0 aliphatic heterocycles. The van der Waals surface area contributed by atoms with Crippen LogP contribution < -0.4 is 31.8 Å². The van der Waals surface area contributed by atoms with Crippen molar-refractivity contribution in [3.63, 3.8) is 0 Å². The third-order valence-electron chi connectivity index (χ3n) is 10.3. The van der Waals surface area contributed by atoms with E-state index in [9.17, 15) is 0 Å². The van der Waals surface area contributed by atoms with Crippen molar-refractivity contribution in [3.05, 3.63) is 253 Å². The van der Waals surface area contributed by atoms with Gasteiger partial charge in [0.15, 0.2) is 0 Å². The standard InChI is InChI=1S/2C26H24P.8BrH.2Mn/c2*1-22-17-19-23(20-18-22)21-27(24-11-5-2-6-12-24,25-13-7-3-8-14-25)26-15-9-4-10-16-26;;;;;;;;;;/h2*2-20H,21H2,1H3;8*1H;;/q2*+1;;;;;;;;;2*+3/p-8. The van der Waals surface area contributed by atoms with Crippen LogP contribution in [0.3, 0.4) is 0 Å². The zero-order valence-electron chi connectivity index (χ0n) is 35.0. The van der Waals surface area contributed by atoms with Gasteiger partial charge in [0.1, 0.15) is 46.4 Å². The fourth-order valence-electron chi connectivity index (χ4n) is 7.47. The Balaban J connectivity index is 0.000000199. The normalized spacial score (nSPS) is 11.9. The van der Waals surface area contributed by atoms with Crippen molar-refractivity contribution in [2.24, 2.45) is 0 Å². The van der Waals surface area contributed by atoms with Gasteiger partial charge in [0.05, 0.1) is 12.3 Å². The molecular formula is C52H48Br8Mn2P2. The number of benzene rings is 8. The number of hydrogen-bond donors (Lipinski definition) is 0. The second kappa shape index (κ2) is 27.0. The molecule has 8 aromatic carbocycles. The van der Waals surface area contributed by atoms with Crippen LogP contribution >= 0.6 is 127 Å². The summed E-state index contributed by atoms with van der Waals surface area (Å²) in [5, 5.41) is 8.60. The third kappa shape index (κ3) is 17.5. The molecule has 8 aromatic rings. The minimum atomic E-state index is -1.79. The van der Waals surface area contributed by atoms with Crippen LogP contribution in [0.1, 0.15) is 22.3 Å². The van der Waals surface area contributed by atoms with Crippen molar-refractivity contribution in [1.82, 2.24) is 0 Å². The van der Waals surface area contributed by atoms with Gasteiger partial charge in [-0.1, -0.05) is 169 Å². The van der Waals surface area contributed by atoms with Crippen molar-refractivity contribution >= 4 is 159 Å². The van der Waals surface area contributed by atoms with Gasteiger partial charge in [-0.15, -0.1) is 0 Å². The molecule has 336 valence electrons. The first-order chi connectivity index (χ1) is 30.6.